The second kappa shape index (κ2) is 5.34. The molecule has 21 heavy (non-hydrogen) atoms. The Morgan fingerprint density at radius 2 is 2.00 bits per heavy atom. The van der Waals surface area contributed by atoms with Crippen molar-refractivity contribution in [3.8, 4) is 0 Å². The molecule has 2 aliphatic rings. The number of benzene rings is 1. The smallest absolute Gasteiger partial charge is 0.254 e. The van der Waals surface area contributed by atoms with Gasteiger partial charge in [-0.2, -0.15) is 0 Å². The maximum atomic E-state index is 12.9. The van der Waals surface area contributed by atoms with E-state index in [1.54, 1.807) is 0 Å². The van der Waals surface area contributed by atoms with Crippen molar-refractivity contribution in [3.05, 3.63) is 28.8 Å². The summed E-state index contributed by atoms with van der Waals surface area (Å²) in [7, 11) is 0. The minimum absolute atomic E-state index is 0.137. The van der Waals surface area contributed by atoms with E-state index in [1.165, 1.54) is 19.4 Å². The second-order valence-corrected chi connectivity index (χ2v) is 6.62. The SMILES string of the molecule is Cc1cc(C)c(C(=O)N2CC3CCCN3CC2C)cc1N. The van der Waals surface area contributed by atoms with Crippen LogP contribution in [-0.2, 0) is 0 Å². The first-order valence-corrected chi connectivity index (χ1v) is 7.89. The van der Waals surface area contributed by atoms with Gasteiger partial charge in [-0.25, -0.2) is 0 Å². The highest BCUT2D eigenvalue weighted by Crippen LogP contribution is 2.27. The molecule has 0 bridgehead atoms. The first-order valence-electron chi connectivity index (χ1n) is 7.89. The third kappa shape index (κ3) is 2.53. The summed E-state index contributed by atoms with van der Waals surface area (Å²) in [5.74, 6) is 0.137. The highest BCUT2D eigenvalue weighted by Gasteiger charge is 2.37. The number of aryl methyl sites for hydroxylation is 2. The number of hydrogen-bond acceptors (Lipinski definition) is 3. The Kier molecular flexibility index (Phi) is 3.66. The monoisotopic (exact) mass is 287 g/mol. The molecule has 3 rings (SSSR count). The van der Waals surface area contributed by atoms with Crippen LogP contribution in [-0.4, -0.2) is 47.4 Å². The first-order chi connectivity index (χ1) is 9.97. The van der Waals surface area contributed by atoms with Crippen LogP contribution in [0.2, 0.25) is 0 Å². The molecule has 0 saturated carbocycles. The lowest BCUT2D eigenvalue weighted by Crippen LogP contribution is -2.56. The van der Waals surface area contributed by atoms with E-state index in [2.05, 4.69) is 11.8 Å². The van der Waals surface area contributed by atoms with Gasteiger partial charge in [-0.1, -0.05) is 6.07 Å². The van der Waals surface area contributed by atoms with Gasteiger partial charge in [0.25, 0.3) is 5.91 Å². The molecule has 1 aromatic carbocycles. The van der Waals surface area contributed by atoms with Gasteiger partial charge in [0.1, 0.15) is 0 Å². The molecule has 0 spiro atoms. The van der Waals surface area contributed by atoms with E-state index in [4.69, 9.17) is 5.73 Å². The van der Waals surface area contributed by atoms with Crippen molar-refractivity contribution in [2.75, 3.05) is 25.4 Å². The van der Waals surface area contributed by atoms with Crippen LogP contribution in [0.25, 0.3) is 0 Å². The molecular formula is C17H25N3O. The number of rotatable bonds is 1. The number of fused-ring (bicyclic) bond motifs is 1. The van der Waals surface area contributed by atoms with Crippen molar-refractivity contribution in [2.45, 2.75) is 45.7 Å². The van der Waals surface area contributed by atoms with E-state index < -0.39 is 0 Å². The van der Waals surface area contributed by atoms with Gasteiger partial charge in [0, 0.05) is 36.4 Å². The fourth-order valence-corrected chi connectivity index (χ4v) is 3.72. The molecule has 2 N–H and O–H groups in total. The lowest BCUT2D eigenvalue weighted by atomic mass is 10.0. The number of nitrogens with zero attached hydrogens (tertiary/aromatic N) is 2. The van der Waals surface area contributed by atoms with E-state index in [0.29, 0.717) is 11.7 Å². The van der Waals surface area contributed by atoms with Gasteiger partial charge < -0.3 is 10.6 Å². The van der Waals surface area contributed by atoms with Crippen LogP contribution in [0.15, 0.2) is 12.1 Å². The Bertz CT molecular complexity index is 569. The van der Waals surface area contributed by atoms with Crippen molar-refractivity contribution in [1.29, 1.82) is 0 Å². The van der Waals surface area contributed by atoms with Crippen molar-refractivity contribution in [3.63, 3.8) is 0 Å². The molecule has 2 unspecified atom stereocenters. The van der Waals surface area contributed by atoms with Crippen LogP contribution < -0.4 is 5.73 Å². The maximum Gasteiger partial charge on any atom is 0.254 e. The number of nitrogen functional groups attached to an aromatic ring is 1. The van der Waals surface area contributed by atoms with Crippen LogP contribution >= 0.6 is 0 Å². The van der Waals surface area contributed by atoms with Crippen molar-refractivity contribution in [1.82, 2.24) is 9.80 Å². The number of carbonyl (C=O) groups excluding carboxylic acids is 1. The lowest BCUT2D eigenvalue weighted by Gasteiger charge is -2.42. The van der Waals surface area contributed by atoms with Gasteiger partial charge in [0.05, 0.1) is 0 Å². The summed E-state index contributed by atoms with van der Waals surface area (Å²) in [6.07, 6.45) is 2.47. The summed E-state index contributed by atoms with van der Waals surface area (Å²) < 4.78 is 0. The molecule has 0 aliphatic carbocycles. The largest absolute Gasteiger partial charge is 0.398 e. The molecule has 4 nitrogen and oxygen atoms in total. The van der Waals surface area contributed by atoms with Crippen LogP contribution in [0.1, 0.15) is 41.3 Å². The average molecular weight is 287 g/mol. The molecule has 1 amide bonds. The molecule has 1 aromatic rings. The summed E-state index contributed by atoms with van der Waals surface area (Å²) in [4.78, 5) is 17.5. The Hall–Kier alpha value is -1.55. The summed E-state index contributed by atoms with van der Waals surface area (Å²) in [5.41, 5.74) is 9.52. The first kappa shape index (κ1) is 14.4. The fourth-order valence-electron chi connectivity index (χ4n) is 3.72. The Balaban J connectivity index is 1.86. The third-order valence-electron chi connectivity index (χ3n) is 5.04. The summed E-state index contributed by atoms with van der Waals surface area (Å²) in [5, 5.41) is 0. The Morgan fingerprint density at radius 3 is 2.76 bits per heavy atom. The Labute approximate surface area is 126 Å². The predicted molar refractivity (Wildman–Crippen MR) is 85.4 cm³/mol. The number of hydrogen-bond donors (Lipinski definition) is 1. The number of nitrogens with two attached hydrogens (primary N) is 1. The van der Waals surface area contributed by atoms with Crippen LogP contribution in [0.5, 0.6) is 0 Å². The quantitative estimate of drug-likeness (QED) is 0.806. The molecule has 2 fully saturated rings. The van der Waals surface area contributed by atoms with E-state index >= 15 is 0 Å². The zero-order chi connectivity index (χ0) is 15.1. The average Bonchev–Trinajstić information content (AvgIpc) is 2.88. The third-order valence-corrected chi connectivity index (χ3v) is 5.04. The van der Waals surface area contributed by atoms with Crippen molar-refractivity contribution in [2.24, 2.45) is 0 Å². The van der Waals surface area contributed by atoms with E-state index in [1.807, 2.05) is 30.9 Å². The van der Waals surface area contributed by atoms with Gasteiger partial charge in [-0.15, -0.1) is 0 Å². The number of piperazine rings is 1. The summed E-state index contributed by atoms with van der Waals surface area (Å²) >= 11 is 0. The minimum Gasteiger partial charge on any atom is -0.398 e. The molecule has 2 aliphatic heterocycles. The van der Waals surface area contributed by atoms with E-state index in [0.717, 1.165) is 29.8 Å². The molecule has 4 heteroatoms. The standard InChI is InChI=1S/C17H25N3O/c1-11-7-12(2)16(18)8-15(11)17(21)20-10-14-5-4-6-19(14)9-13(20)3/h7-8,13-14H,4-6,9-10,18H2,1-3H3. The zero-order valence-corrected chi connectivity index (χ0v) is 13.2. The van der Waals surface area contributed by atoms with Gasteiger partial charge in [0.15, 0.2) is 0 Å². The molecule has 2 heterocycles. The molecular weight excluding hydrogens is 262 g/mol. The fraction of sp³-hybridized carbons (Fsp3) is 0.588. The molecule has 2 atom stereocenters. The highest BCUT2D eigenvalue weighted by molar-refractivity contribution is 5.97. The van der Waals surface area contributed by atoms with Crippen LogP contribution in [0.3, 0.4) is 0 Å². The normalized spacial score (nSPS) is 26.0. The molecule has 114 valence electrons. The topological polar surface area (TPSA) is 49.6 Å². The highest BCUT2D eigenvalue weighted by atomic mass is 16.2. The van der Waals surface area contributed by atoms with Gasteiger partial charge in [-0.3, -0.25) is 9.69 Å². The van der Waals surface area contributed by atoms with Crippen LogP contribution in [0.4, 0.5) is 5.69 Å². The maximum absolute atomic E-state index is 12.9. The van der Waals surface area contributed by atoms with Crippen molar-refractivity contribution < 1.29 is 4.79 Å². The predicted octanol–water partition coefficient (Wildman–Crippen LogP) is 2.19. The van der Waals surface area contributed by atoms with Gasteiger partial charge >= 0.3 is 0 Å². The van der Waals surface area contributed by atoms with Gasteiger partial charge in [-0.05, 0) is 57.4 Å². The zero-order valence-electron chi connectivity index (χ0n) is 13.2. The summed E-state index contributed by atoms with van der Waals surface area (Å²) in [6.45, 7) is 9.17. The van der Waals surface area contributed by atoms with E-state index in [9.17, 15) is 4.79 Å². The number of amides is 1. The van der Waals surface area contributed by atoms with Crippen LogP contribution in [0, 0.1) is 13.8 Å². The molecule has 2 saturated heterocycles. The number of anilines is 1. The van der Waals surface area contributed by atoms with E-state index in [-0.39, 0.29) is 11.9 Å². The Morgan fingerprint density at radius 1 is 1.24 bits per heavy atom. The minimum atomic E-state index is 0.137. The number of carbonyl (C=O) groups is 1. The molecule has 0 radical (unpaired) electrons. The summed E-state index contributed by atoms with van der Waals surface area (Å²) in [6, 6.07) is 4.68. The molecule has 0 aromatic heterocycles. The second-order valence-electron chi connectivity index (χ2n) is 6.62. The van der Waals surface area contributed by atoms with Crippen molar-refractivity contribution >= 4 is 11.6 Å². The lowest BCUT2D eigenvalue weighted by molar-refractivity contribution is 0.0395. The van der Waals surface area contributed by atoms with Gasteiger partial charge in [0.2, 0.25) is 0 Å².